The lowest BCUT2D eigenvalue weighted by Crippen LogP contribution is -2.25. The molecule has 21 heavy (non-hydrogen) atoms. The van der Waals surface area contributed by atoms with E-state index in [0.717, 1.165) is 40.6 Å². The van der Waals surface area contributed by atoms with E-state index >= 15 is 0 Å². The Bertz CT molecular complexity index is 758. The Labute approximate surface area is 124 Å². The van der Waals surface area contributed by atoms with E-state index in [1.54, 1.807) is 7.11 Å². The summed E-state index contributed by atoms with van der Waals surface area (Å²) >= 11 is 0. The molecule has 1 N–H and O–H groups in total. The predicted molar refractivity (Wildman–Crippen MR) is 87.9 cm³/mol. The number of rotatable bonds is 5. The fourth-order valence-corrected chi connectivity index (χ4v) is 2.45. The van der Waals surface area contributed by atoms with Crippen LogP contribution >= 0.6 is 0 Å². The van der Waals surface area contributed by atoms with Crippen molar-refractivity contribution < 1.29 is 9.15 Å². The van der Waals surface area contributed by atoms with Crippen LogP contribution in [0.15, 0.2) is 46.9 Å². The summed E-state index contributed by atoms with van der Waals surface area (Å²) < 4.78 is 11.3. The molecule has 0 bridgehead atoms. The smallest absolute Gasteiger partial charge is 0.135 e. The fraction of sp³-hybridized carbons (Fsp3) is 0.333. The van der Waals surface area contributed by atoms with Gasteiger partial charge >= 0.3 is 0 Å². The molecule has 0 atom stereocenters. The maximum Gasteiger partial charge on any atom is 0.135 e. The molecule has 0 saturated heterocycles. The first kappa shape index (κ1) is 14.0. The SMILES string of the molecule is COC(C)(C)CCNc1ccc2oc3ccccc3c2c1. The molecule has 0 saturated carbocycles. The van der Waals surface area contributed by atoms with Crippen LogP contribution in [0, 0.1) is 0 Å². The molecule has 0 aliphatic rings. The molecule has 0 fully saturated rings. The number of methoxy groups -OCH3 is 1. The zero-order chi connectivity index (χ0) is 14.9. The van der Waals surface area contributed by atoms with E-state index in [4.69, 9.17) is 9.15 Å². The predicted octanol–water partition coefficient (Wildman–Crippen LogP) is 4.81. The molecule has 0 aliphatic heterocycles. The Balaban J connectivity index is 1.82. The highest BCUT2D eigenvalue weighted by molar-refractivity contribution is 6.05. The largest absolute Gasteiger partial charge is 0.456 e. The van der Waals surface area contributed by atoms with Crippen LogP contribution in [-0.2, 0) is 4.74 Å². The van der Waals surface area contributed by atoms with E-state index < -0.39 is 0 Å². The average Bonchev–Trinajstić information content (AvgIpc) is 2.85. The van der Waals surface area contributed by atoms with Gasteiger partial charge in [-0.25, -0.2) is 0 Å². The van der Waals surface area contributed by atoms with Gasteiger partial charge < -0.3 is 14.5 Å². The van der Waals surface area contributed by atoms with Crippen LogP contribution in [0.25, 0.3) is 21.9 Å². The van der Waals surface area contributed by atoms with E-state index in [9.17, 15) is 0 Å². The van der Waals surface area contributed by atoms with Crippen LogP contribution in [0.1, 0.15) is 20.3 Å². The number of anilines is 1. The van der Waals surface area contributed by atoms with Crippen LogP contribution in [0.4, 0.5) is 5.69 Å². The maximum atomic E-state index is 5.84. The van der Waals surface area contributed by atoms with Crippen molar-refractivity contribution in [2.24, 2.45) is 0 Å². The third-order valence-electron chi connectivity index (χ3n) is 3.99. The normalized spacial score (nSPS) is 12.1. The summed E-state index contributed by atoms with van der Waals surface area (Å²) in [5, 5.41) is 5.77. The zero-order valence-electron chi connectivity index (χ0n) is 12.8. The zero-order valence-corrected chi connectivity index (χ0v) is 12.8. The molecule has 2 aromatic carbocycles. The molecule has 0 amide bonds. The number of hydrogen-bond donors (Lipinski definition) is 1. The van der Waals surface area contributed by atoms with E-state index in [1.165, 1.54) is 0 Å². The summed E-state index contributed by atoms with van der Waals surface area (Å²) in [6.07, 6.45) is 0.952. The summed E-state index contributed by atoms with van der Waals surface area (Å²) in [7, 11) is 1.75. The molecule has 0 unspecified atom stereocenters. The van der Waals surface area contributed by atoms with Crippen molar-refractivity contribution in [3.05, 3.63) is 42.5 Å². The Morgan fingerprint density at radius 3 is 2.62 bits per heavy atom. The molecule has 110 valence electrons. The number of ether oxygens (including phenoxy) is 1. The Hall–Kier alpha value is -2.00. The standard InChI is InChI=1S/C18H21NO2/c1-18(2,20-3)10-11-19-13-8-9-17-15(12-13)14-6-4-5-7-16(14)21-17/h4-9,12,19H,10-11H2,1-3H3. The van der Waals surface area contributed by atoms with Gasteiger partial charge in [0.2, 0.25) is 0 Å². The molecule has 1 heterocycles. The lowest BCUT2D eigenvalue weighted by Gasteiger charge is -2.23. The number of para-hydroxylation sites is 1. The first-order chi connectivity index (χ1) is 10.1. The molecule has 0 spiro atoms. The summed E-state index contributed by atoms with van der Waals surface area (Å²) in [4.78, 5) is 0. The number of hydrogen-bond acceptors (Lipinski definition) is 3. The third kappa shape index (κ3) is 2.88. The molecular weight excluding hydrogens is 262 g/mol. The Kier molecular flexibility index (Phi) is 3.60. The molecule has 3 rings (SSSR count). The topological polar surface area (TPSA) is 34.4 Å². The van der Waals surface area contributed by atoms with E-state index in [0.29, 0.717) is 0 Å². The minimum Gasteiger partial charge on any atom is -0.456 e. The van der Waals surface area contributed by atoms with Crippen molar-refractivity contribution in [3.8, 4) is 0 Å². The molecule has 0 aliphatic carbocycles. The lowest BCUT2D eigenvalue weighted by atomic mass is 10.1. The summed E-state index contributed by atoms with van der Waals surface area (Å²) in [6.45, 7) is 5.07. The van der Waals surface area contributed by atoms with Crippen LogP contribution < -0.4 is 5.32 Å². The molecule has 3 heteroatoms. The highest BCUT2D eigenvalue weighted by Crippen LogP contribution is 2.30. The van der Waals surface area contributed by atoms with Crippen molar-refractivity contribution in [3.63, 3.8) is 0 Å². The molecule has 3 nitrogen and oxygen atoms in total. The van der Waals surface area contributed by atoms with Gasteiger partial charge in [-0.15, -0.1) is 0 Å². The van der Waals surface area contributed by atoms with E-state index in [1.807, 2.05) is 24.3 Å². The van der Waals surface area contributed by atoms with Gasteiger partial charge in [-0.2, -0.15) is 0 Å². The second-order valence-corrected chi connectivity index (χ2v) is 5.95. The molecule has 1 aromatic heterocycles. The lowest BCUT2D eigenvalue weighted by molar-refractivity contribution is 0.0185. The number of fused-ring (bicyclic) bond motifs is 3. The van der Waals surface area contributed by atoms with Crippen LogP contribution in [0.2, 0.25) is 0 Å². The van der Waals surface area contributed by atoms with E-state index in [2.05, 4.69) is 37.4 Å². The Morgan fingerprint density at radius 2 is 1.81 bits per heavy atom. The van der Waals surface area contributed by atoms with Gasteiger partial charge in [-0.1, -0.05) is 18.2 Å². The van der Waals surface area contributed by atoms with Gasteiger partial charge in [0.25, 0.3) is 0 Å². The summed E-state index contributed by atoms with van der Waals surface area (Å²) in [5.74, 6) is 0. The maximum absolute atomic E-state index is 5.84. The monoisotopic (exact) mass is 283 g/mol. The first-order valence-electron chi connectivity index (χ1n) is 7.29. The third-order valence-corrected chi connectivity index (χ3v) is 3.99. The van der Waals surface area contributed by atoms with Gasteiger partial charge in [0.1, 0.15) is 11.2 Å². The van der Waals surface area contributed by atoms with Crippen molar-refractivity contribution in [2.45, 2.75) is 25.9 Å². The second kappa shape index (κ2) is 5.41. The van der Waals surface area contributed by atoms with E-state index in [-0.39, 0.29) is 5.60 Å². The molecular formula is C18H21NO2. The van der Waals surface area contributed by atoms with Crippen molar-refractivity contribution >= 4 is 27.6 Å². The minimum absolute atomic E-state index is 0.0978. The number of benzene rings is 2. The van der Waals surface area contributed by atoms with Crippen molar-refractivity contribution in [2.75, 3.05) is 19.0 Å². The van der Waals surface area contributed by atoms with Crippen molar-refractivity contribution in [1.29, 1.82) is 0 Å². The van der Waals surface area contributed by atoms with Crippen LogP contribution in [0.5, 0.6) is 0 Å². The summed E-state index contributed by atoms with van der Waals surface area (Å²) in [5.41, 5.74) is 2.88. The quantitative estimate of drug-likeness (QED) is 0.729. The minimum atomic E-state index is -0.0978. The van der Waals surface area contributed by atoms with Gasteiger partial charge in [-0.05, 0) is 44.5 Å². The first-order valence-corrected chi connectivity index (χ1v) is 7.29. The van der Waals surface area contributed by atoms with Gasteiger partial charge in [0.15, 0.2) is 0 Å². The van der Waals surface area contributed by atoms with Crippen LogP contribution in [0.3, 0.4) is 0 Å². The van der Waals surface area contributed by atoms with Gasteiger partial charge in [0.05, 0.1) is 5.60 Å². The molecule has 0 radical (unpaired) electrons. The second-order valence-electron chi connectivity index (χ2n) is 5.95. The van der Waals surface area contributed by atoms with Gasteiger partial charge in [0, 0.05) is 30.1 Å². The summed E-state index contributed by atoms with van der Waals surface area (Å²) in [6, 6.07) is 14.4. The average molecular weight is 283 g/mol. The number of furan rings is 1. The molecule has 3 aromatic rings. The van der Waals surface area contributed by atoms with Crippen molar-refractivity contribution in [1.82, 2.24) is 0 Å². The Morgan fingerprint density at radius 1 is 1.05 bits per heavy atom. The number of nitrogens with one attached hydrogen (secondary N) is 1. The fourth-order valence-electron chi connectivity index (χ4n) is 2.45. The highest BCUT2D eigenvalue weighted by atomic mass is 16.5. The highest BCUT2D eigenvalue weighted by Gasteiger charge is 2.15. The van der Waals surface area contributed by atoms with Crippen LogP contribution in [-0.4, -0.2) is 19.3 Å². The van der Waals surface area contributed by atoms with Gasteiger partial charge in [-0.3, -0.25) is 0 Å².